The molecule has 1 fully saturated rings. The Morgan fingerprint density at radius 3 is 2.59 bits per heavy atom. The second kappa shape index (κ2) is 10.1. The van der Waals surface area contributed by atoms with Crippen LogP contribution in [0.3, 0.4) is 0 Å². The van der Waals surface area contributed by atoms with E-state index in [1.807, 2.05) is 37.3 Å². The zero-order valence-corrected chi connectivity index (χ0v) is 16.9. The number of hydrogen-bond acceptors (Lipinski definition) is 6. The molecule has 2 N–H and O–H groups in total. The van der Waals surface area contributed by atoms with E-state index in [4.69, 9.17) is 9.84 Å². The molecule has 0 aromatic heterocycles. The molecule has 2 aromatic rings. The maximum atomic E-state index is 12.9. The van der Waals surface area contributed by atoms with Gasteiger partial charge in [0.15, 0.2) is 5.17 Å². The second-order valence-corrected chi connectivity index (χ2v) is 7.40. The third-order valence-corrected chi connectivity index (χ3v) is 5.25. The number of anilines is 2. The zero-order chi connectivity index (χ0) is 20.6. The summed E-state index contributed by atoms with van der Waals surface area (Å²) in [4.78, 5) is 30.9. The van der Waals surface area contributed by atoms with Crippen LogP contribution in [0.25, 0.3) is 0 Å². The van der Waals surface area contributed by atoms with Crippen LogP contribution in [-0.4, -0.2) is 47.1 Å². The minimum Gasteiger partial charge on any atom is -0.494 e. The fourth-order valence-corrected chi connectivity index (χ4v) is 3.91. The molecule has 2 aromatic carbocycles. The normalized spacial score (nSPS) is 17.0. The molecule has 29 heavy (non-hydrogen) atoms. The van der Waals surface area contributed by atoms with Crippen molar-refractivity contribution in [1.29, 1.82) is 0 Å². The number of amidine groups is 1. The third-order valence-electron chi connectivity index (χ3n) is 4.15. The maximum absolute atomic E-state index is 12.9. The summed E-state index contributed by atoms with van der Waals surface area (Å²) in [6.45, 7) is 2.54. The fourth-order valence-electron chi connectivity index (χ4n) is 2.86. The molecule has 1 atom stereocenters. The number of aliphatic hydroxyl groups is 1. The summed E-state index contributed by atoms with van der Waals surface area (Å²) in [5, 5.41) is 12.2. The number of rotatable bonds is 7. The molecule has 2 amide bonds. The van der Waals surface area contributed by atoms with Gasteiger partial charge in [-0.05, 0) is 43.3 Å². The fraction of sp³-hybridized carbons (Fsp3) is 0.286. The van der Waals surface area contributed by atoms with Gasteiger partial charge in [-0.15, -0.1) is 0 Å². The number of nitrogens with one attached hydrogen (secondary N) is 1. The molecule has 1 saturated heterocycles. The molecule has 0 radical (unpaired) electrons. The predicted octanol–water partition coefficient (Wildman–Crippen LogP) is 2.91. The Morgan fingerprint density at radius 1 is 1.21 bits per heavy atom. The number of hydrogen-bond donors (Lipinski definition) is 2. The van der Waals surface area contributed by atoms with E-state index in [0.29, 0.717) is 23.2 Å². The Bertz CT molecular complexity index is 871. The zero-order valence-electron chi connectivity index (χ0n) is 16.1. The van der Waals surface area contributed by atoms with Crippen LogP contribution in [0.2, 0.25) is 0 Å². The minimum absolute atomic E-state index is 0.0886. The molecule has 1 unspecified atom stereocenters. The first-order chi connectivity index (χ1) is 14.1. The van der Waals surface area contributed by atoms with Crippen LogP contribution in [0.5, 0.6) is 5.75 Å². The van der Waals surface area contributed by atoms with Gasteiger partial charge in [0.2, 0.25) is 11.8 Å². The maximum Gasteiger partial charge on any atom is 0.247 e. The molecule has 1 aliphatic heterocycles. The SMILES string of the molecule is CCOc1ccc(N2C(=O)CC(SC(=NCCO)Nc3ccccc3)C2=O)cc1. The highest BCUT2D eigenvalue weighted by molar-refractivity contribution is 8.15. The highest BCUT2D eigenvalue weighted by atomic mass is 32.2. The number of ether oxygens (including phenoxy) is 1. The Hall–Kier alpha value is -2.84. The lowest BCUT2D eigenvalue weighted by atomic mass is 10.3. The average molecular weight is 413 g/mol. The monoisotopic (exact) mass is 413 g/mol. The van der Waals surface area contributed by atoms with Crippen molar-refractivity contribution in [3.8, 4) is 5.75 Å². The summed E-state index contributed by atoms with van der Waals surface area (Å²) < 4.78 is 5.41. The van der Waals surface area contributed by atoms with Crippen LogP contribution in [0.4, 0.5) is 11.4 Å². The number of amides is 2. The summed E-state index contributed by atoms with van der Waals surface area (Å²) in [6.07, 6.45) is 0.0886. The van der Waals surface area contributed by atoms with Crippen LogP contribution < -0.4 is 15.0 Å². The van der Waals surface area contributed by atoms with Gasteiger partial charge in [0.05, 0.1) is 25.4 Å². The Labute approximate surface area is 173 Å². The van der Waals surface area contributed by atoms with E-state index in [-0.39, 0.29) is 31.4 Å². The van der Waals surface area contributed by atoms with Crippen molar-refractivity contribution in [2.24, 2.45) is 4.99 Å². The Kier molecular flexibility index (Phi) is 7.26. The van der Waals surface area contributed by atoms with Crippen LogP contribution in [-0.2, 0) is 9.59 Å². The number of imide groups is 1. The van der Waals surface area contributed by atoms with Gasteiger partial charge in [0, 0.05) is 12.1 Å². The Morgan fingerprint density at radius 2 is 1.93 bits per heavy atom. The molecule has 0 saturated carbocycles. The van der Waals surface area contributed by atoms with Gasteiger partial charge in [-0.25, -0.2) is 4.90 Å². The molecule has 1 heterocycles. The van der Waals surface area contributed by atoms with E-state index < -0.39 is 5.25 Å². The van der Waals surface area contributed by atoms with Crippen LogP contribution in [0.15, 0.2) is 59.6 Å². The number of nitrogens with zero attached hydrogens (tertiary/aromatic N) is 2. The van der Waals surface area contributed by atoms with Crippen LogP contribution in [0, 0.1) is 0 Å². The molecule has 1 aliphatic rings. The van der Waals surface area contributed by atoms with Gasteiger partial charge in [0.25, 0.3) is 0 Å². The van der Waals surface area contributed by atoms with Gasteiger partial charge in [-0.1, -0.05) is 30.0 Å². The number of aliphatic imine (C=N–C) groups is 1. The van der Waals surface area contributed by atoms with E-state index in [9.17, 15) is 9.59 Å². The van der Waals surface area contributed by atoms with Crippen molar-refractivity contribution >= 4 is 40.1 Å². The summed E-state index contributed by atoms with van der Waals surface area (Å²) in [6, 6.07) is 16.3. The number of thioether (sulfide) groups is 1. The molecular formula is C21H23N3O4S. The molecular weight excluding hydrogens is 390 g/mol. The number of aliphatic hydroxyl groups excluding tert-OH is 1. The van der Waals surface area contributed by atoms with Crippen LogP contribution >= 0.6 is 11.8 Å². The van der Waals surface area contributed by atoms with Gasteiger partial charge < -0.3 is 15.2 Å². The highest BCUT2D eigenvalue weighted by Crippen LogP contribution is 2.31. The first kappa shape index (κ1) is 20.9. The lowest BCUT2D eigenvalue weighted by Gasteiger charge is -2.16. The predicted molar refractivity (Wildman–Crippen MR) is 116 cm³/mol. The second-order valence-electron chi connectivity index (χ2n) is 6.21. The number of carbonyl (C=O) groups is 2. The molecule has 7 nitrogen and oxygen atoms in total. The van der Waals surface area contributed by atoms with E-state index >= 15 is 0 Å². The van der Waals surface area contributed by atoms with Crippen LogP contribution in [0.1, 0.15) is 13.3 Å². The molecule has 0 aliphatic carbocycles. The van der Waals surface area contributed by atoms with Gasteiger partial charge in [-0.3, -0.25) is 14.6 Å². The third kappa shape index (κ3) is 5.36. The van der Waals surface area contributed by atoms with E-state index in [0.717, 1.165) is 5.69 Å². The lowest BCUT2D eigenvalue weighted by Crippen LogP contribution is -2.31. The van der Waals surface area contributed by atoms with Gasteiger partial charge in [0.1, 0.15) is 11.0 Å². The van der Waals surface area contributed by atoms with Crippen molar-refractivity contribution in [3.63, 3.8) is 0 Å². The standard InChI is InChI=1S/C21H23N3O4S/c1-2-28-17-10-8-16(9-11-17)24-19(26)14-18(20(24)27)29-21(22-12-13-25)23-15-6-4-3-5-7-15/h3-11,18,25H,2,12-14H2,1H3,(H,22,23). The summed E-state index contributed by atoms with van der Waals surface area (Å²) in [5.74, 6) is 0.153. The minimum atomic E-state index is -0.581. The van der Waals surface area contributed by atoms with E-state index in [1.54, 1.807) is 24.3 Å². The van der Waals surface area contributed by atoms with Crippen molar-refractivity contribution in [3.05, 3.63) is 54.6 Å². The number of carbonyl (C=O) groups excluding carboxylic acids is 2. The molecule has 0 spiro atoms. The molecule has 8 heteroatoms. The summed E-state index contributed by atoms with van der Waals surface area (Å²) >= 11 is 1.20. The quantitative estimate of drug-likeness (QED) is 0.412. The number of benzene rings is 2. The largest absolute Gasteiger partial charge is 0.494 e. The highest BCUT2D eigenvalue weighted by Gasteiger charge is 2.40. The van der Waals surface area contributed by atoms with Crippen molar-refractivity contribution in [2.75, 3.05) is 30.0 Å². The first-order valence-electron chi connectivity index (χ1n) is 9.36. The lowest BCUT2D eigenvalue weighted by molar-refractivity contribution is -0.121. The van der Waals surface area contributed by atoms with Crippen molar-refractivity contribution in [1.82, 2.24) is 0 Å². The summed E-state index contributed by atoms with van der Waals surface area (Å²) in [5.41, 5.74) is 1.34. The smallest absolute Gasteiger partial charge is 0.247 e. The number of para-hydroxylation sites is 1. The topological polar surface area (TPSA) is 91.2 Å². The van der Waals surface area contributed by atoms with Gasteiger partial charge in [-0.2, -0.15) is 0 Å². The average Bonchev–Trinajstić information content (AvgIpc) is 3.01. The molecule has 152 valence electrons. The van der Waals surface area contributed by atoms with Crippen molar-refractivity contribution in [2.45, 2.75) is 18.6 Å². The Balaban J connectivity index is 1.73. The molecule has 3 rings (SSSR count). The molecule has 0 bridgehead atoms. The van der Waals surface area contributed by atoms with E-state index in [1.165, 1.54) is 16.7 Å². The van der Waals surface area contributed by atoms with Crippen molar-refractivity contribution < 1.29 is 19.4 Å². The van der Waals surface area contributed by atoms with Gasteiger partial charge >= 0.3 is 0 Å². The van der Waals surface area contributed by atoms with E-state index in [2.05, 4.69) is 10.3 Å². The summed E-state index contributed by atoms with van der Waals surface area (Å²) in [7, 11) is 0. The first-order valence-corrected chi connectivity index (χ1v) is 10.2.